The summed E-state index contributed by atoms with van der Waals surface area (Å²) in [6, 6.07) is 5.84. The van der Waals surface area contributed by atoms with E-state index in [4.69, 9.17) is 11.6 Å². The van der Waals surface area contributed by atoms with Gasteiger partial charge in [0.2, 0.25) is 0 Å². The Hall–Kier alpha value is -0.490. The first-order valence-corrected chi connectivity index (χ1v) is 8.18. The lowest BCUT2D eigenvalue weighted by molar-refractivity contribution is 0.669. The van der Waals surface area contributed by atoms with E-state index in [1.165, 1.54) is 0 Å². The molecule has 0 unspecified atom stereocenters. The van der Waals surface area contributed by atoms with Gasteiger partial charge in [0.25, 0.3) is 0 Å². The van der Waals surface area contributed by atoms with Gasteiger partial charge in [0.05, 0.1) is 5.02 Å². The molecule has 102 valence electrons. The van der Waals surface area contributed by atoms with Crippen molar-refractivity contribution in [3.63, 3.8) is 0 Å². The smallest absolute Gasteiger partial charge is 0.147 e. The van der Waals surface area contributed by atoms with Crippen molar-refractivity contribution < 1.29 is 0 Å². The summed E-state index contributed by atoms with van der Waals surface area (Å²) in [5.41, 5.74) is 1.02. The Bertz CT molecular complexity index is 544. The molecule has 0 aliphatic carbocycles. The minimum atomic E-state index is 0.696. The van der Waals surface area contributed by atoms with Gasteiger partial charge in [-0.1, -0.05) is 35.9 Å². The van der Waals surface area contributed by atoms with Crippen LogP contribution >= 0.6 is 38.9 Å². The molecule has 0 spiro atoms. The van der Waals surface area contributed by atoms with E-state index in [0.29, 0.717) is 5.02 Å². The second-order valence-corrected chi connectivity index (χ2v) is 6.41. The van der Waals surface area contributed by atoms with Crippen molar-refractivity contribution >= 4 is 38.9 Å². The SMILES string of the molecule is CCNCCCc1nnc(-c2ccc(Br)c(Cl)c2)s1. The lowest BCUT2D eigenvalue weighted by Crippen LogP contribution is -2.14. The lowest BCUT2D eigenvalue weighted by Gasteiger charge is -1.99. The van der Waals surface area contributed by atoms with Crippen molar-refractivity contribution in [2.45, 2.75) is 19.8 Å². The molecule has 19 heavy (non-hydrogen) atoms. The van der Waals surface area contributed by atoms with Crippen molar-refractivity contribution in [2.75, 3.05) is 13.1 Å². The fraction of sp³-hybridized carbons (Fsp3) is 0.385. The van der Waals surface area contributed by atoms with Crippen LogP contribution in [0.1, 0.15) is 18.4 Å². The molecule has 0 fully saturated rings. The monoisotopic (exact) mass is 359 g/mol. The summed E-state index contributed by atoms with van der Waals surface area (Å²) in [6.07, 6.45) is 2.05. The molecule has 0 aliphatic heterocycles. The average molecular weight is 361 g/mol. The number of rotatable bonds is 6. The highest BCUT2D eigenvalue weighted by molar-refractivity contribution is 9.10. The summed E-state index contributed by atoms with van der Waals surface area (Å²) in [6.45, 7) is 4.15. The number of nitrogens with one attached hydrogen (secondary N) is 1. The molecule has 0 amide bonds. The average Bonchev–Trinajstić information content (AvgIpc) is 2.87. The Morgan fingerprint density at radius 2 is 2.21 bits per heavy atom. The van der Waals surface area contributed by atoms with Crippen molar-refractivity contribution in [3.8, 4) is 10.6 Å². The third kappa shape index (κ3) is 4.24. The van der Waals surface area contributed by atoms with Crippen LogP contribution in [-0.2, 0) is 6.42 Å². The van der Waals surface area contributed by atoms with Gasteiger partial charge in [0, 0.05) is 16.5 Å². The van der Waals surface area contributed by atoms with Crippen molar-refractivity contribution in [2.24, 2.45) is 0 Å². The van der Waals surface area contributed by atoms with Crippen LogP contribution in [0.5, 0.6) is 0 Å². The van der Waals surface area contributed by atoms with E-state index in [9.17, 15) is 0 Å². The molecule has 0 atom stereocenters. The van der Waals surface area contributed by atoms with E-state index in [1.807, 2.05) is 18.2 Å². The fourth-order valence-corrected chi connectivity index (χ4v) is 2.95. The molecule has 0 saturated carbocycles. The first-order valence-electron chi connectivity index (χ1n) is 6.19. The highest BCUT2D eigenvalue weighted by Crippen LogP contribution is 2.30. The van der Waals surface area contributed by atoms with Crippen molar-refractivity contribution in [3.05, 3.63) is 32.7 Å². The van der Waals surface area contributed by atoms with E-state index < -0.39 is 0 Å². The molecule has 3 nitrogen and oxygen atoms in total. The first-order chi connectivity index (χ1) is 9.20. The topological polar surface area (TPSA) is 37.8 Å². The highest BCUT2D eigenvalue weighted by atomic mass is 79.9. The van der Waals surface area contributed by atoms with Gasteiger partial charge >= 0.3 is 0 Å². The maximum Gasteiger partial charge on any atom is 0.147 e. The summed E-state index contributed by atoms with van der Waals surface area (Å²) < 4.78 is 0.897. The molecular formula is C13H15BrClN3S. The van der Waals surface area contributed by atoms with E-state index in [1.54, 1.807) is 11.3 Å². The third-order valence-electron chi connectivity index (χ3n) is 2.63. The zero-order valence-corrected chi connectivity index (χ0v) is 13.8. The van der Waals surface area contributed by atoms with Crippen molar-refractivity contribution in [1.29, 1.82) is 0 Å². The zero-order valence-electron chi connectivity index (χ0n) is 10.6. The van der Waals surface area contributed by atoms with Crippen LogP contribution < -0.4 is 5.32 Å². The van der Waals surface area contributed by atoms with Crippen LogP contribution in [0.25, 0.3) is 10.6 Å². The molecule has 6 heteroatoms. The second-order valence-electron chi connectivity index (χ2n) is 4.09. The Morgan fingerprint density at radius 3 is 2.95 bits per heavy atom. The summed E-state index contributed by atoms with van der Waals surface area (Å²) >= 11 is 11.1. The summed E-state index contributed by atoms with van der Waals surface area (Å²) in [5, 5.41) is 14.5. The van der Waals surface area contributed by atoms with Gasteiger partial charge in [-0.15, -0.1) is 10.2 Å². The van der Waals surface area contributed by atoms with Gasteiger partial charge < -0.3 is 5.32 Å². The van der Waals surface area contributed by atoms with Gasteiger partial charge in [-0.3, -0.25) is 0 Å². The predicted octanol–water partition coefficient (Wildman–Crippen LogP) is 4.16. The second kappa shape index (κ2) is 7.33. The fourth-order valence-electron chi connectivity index (χ4n) is 1.64. The van der Waals surface area contributed by atoms with Crippen LogP contribution in [0.2, 0.25) is 5.02 Å². The number of hydrogen-bond acceptors (Lipinski definition) is 4. The highest BCUT2D eigenvalue weighted by Gasteiger charge is 2.08. The van der Waals surface area contributed by atoms with Gasteiger partial charge in [-0.05, 0) is 47.6 Å². The molecule has 1 heterocycles. The zero-order chi connectivity index (χ0) is 13.7. The summed E-state index contributed by atoms with van der Waals surface area (Å²) in [5.74, 6) is 0. The van der Waals surface area contributed by atoms with Crippen LogP contribution in [0.3, 0.4) is 0 Å². The number of aromatic nitrogens is 2. The normalized spacial score (nSPS) is 10.9. The molecule has 2 rings (SSSR count). The number of halogens is 2. The van der Waals surface area contributed by atoms with Gasteiger partial charge in [0.15, 0.2) is 0 Å². The minimum absolute atomic E-state index is 0.696. The molecule has 0 bridgehead atoms. The Morgan fingerprint density at radius 1 is 1.37 bits per heavy atom. The van der Waals surface area contributed by atoms with E-state index >= 15 is 0 Å². The lowest BCUT2D eigenvalue weighted by atomic mass is 10.2. The van der Waals surface area contributed by atoms with Crippen LogP contribution in [-0.4, -0.2) is 23.3 Å². The quantitative estimate of drug-likeness (QED) is 0.786. The predicted molar refractivity (Wildman–Crippen MR) is 84.9 cm³/mol. The Kier molecular flexibility index (Phi) is 5.76. The molecule has 0 aliphatic rings. The van der Waals surface area contributed by atoms with E-state index in [-0.39, 0.29) is 0 Å². The number of hydrogen-bond donors (Lipinski definition) is 1. The molecule has 1 aromatic heterocycles. The number of nitrogens with zero attached hydrogens (tertiary/aromatic N) is 2. The summed E-state index contributed by atoms with van der Waals surface area (Å²) in [7, 11) is 0. The Balaban J connectivity index is 2.01. The van der Waals surface area contributed by atoms with Crippen LogP contribution in [0.4, 0.5) is 0 Å². The maximum atomic E-state index is 6.09. The number of aryl methyl sites for hydroxylation is 1. The van der Waals surface area contributed by atoms with E-state index in [2.05, 4.69) is 38.4 Å². The molecule has 2 aromatic rings. The van der Waals surface area contributed by atoms with Gasteiger partial charge in [0.1, 0.15) is 10.0 Å². The third-order valence-corrected chi connectivity index (χ3v) is 4.89. The Labute approximate surface area is 130 Å². The van der Waals surface area contributed by atoms with Gasteiger partial charge in [-0.25, -0.2) is 0 Å². The molecular weight excluding hydrogens is 346 g/mol. The summed E-state index contributed by atoms with van der Waals surface area (Å²) in [4.78, 5) is 0. The largest absolute Gasteiger partial charge is 0.317 e. The van der Waals surface area contributed by atoms with Crippen LogP contribution in [0.15, 0.2) is 22.7 Å². The maximum absolute atomic E-state index is 6.09. The standard InChI is InChI=1S/C13H15BrClN3S/c1-2-16-7-3-4-12-17-18-13(19-12)9-5-6-10(14)11(15)8-9/h5-6,8,16H,2-4,7H2,1H3. The first kappa shape index (κ1) is 14.9. The van der Waals surface area contributed by atoms with Crippen LogP contribution in [0, 0.1) is 0 Å². The van der Waals surface area contributed by atoms with Gasteiger partial charge in [-0.2, -0.15) is 0 Å². The molecule has 1 aromatic carbocycles. The van der Waals surface area contributed by atoms with E-state index in [0.717, 1.165) is 46.0 Å². The molecule has 0 radical (unpaired) electrons. The number of benzene rings is 1. The molecule has 1 N–H and O–H groups in total. The molecule has 0 saturated heterocycles. The van der Waals surface area contributed by atoms with Crippen molar-refractivity contribution in [1.82, 2.24) is 15.5 Å². The minimum Gasteiger partial charge on any atom is -0.317 e.